The molecular weight excluding hydrogens is 206 g/mol. The van der Waals surface area contributed by atoms with Crippen molar-refractivity contribution in [3.63, 3.8) is 0 Å². The van der Waals surface area contributed by atoms with Crippen LogP contribution in [0.4, 0.5) is 0 Å². The van der Waals surface area contributed by atoms with Crippen molar-refractivity contribution in [2.24, 2.45) is 11.8 Å². The van der Waals surface area contributed by atoms with Gasteiger partial charge in [0, 0.05) is 12.6 Å². The average molecular weight is 231 g/mol. The van der Waals surface area contributed by atoms with Gasteiger partial charge in [-0.15, -0.1) is 0 Å². The molecule has 1 N–H and O–H groups in total. The van der Waals surface area contributed by atoms with Crippen LogP contribution < -0.4 is 5.32 Å². The molecule has 1 atom stereocenters. The first-order valence-corrected chi connectivity index (χ1v) is 6.55. The lowest BCUT2D eigenvalue weighted by molar-refractivity contribution is 0.461. The van der Waals surface area contributed by atoms with E-state index in [-0.39, 0.29) is 0 Å². The van der Waals surface area contributed by atoms with E-state index < -0.39 is 0 Å². The average Bonchev–Trinajstić information content (AvgIpc) is 2.29. The van der Waals surface area contributed by atoms with Crippen LogP contribution in [0.3, 0.4) is 0 Å². The van der Waals surface area contributed by atoms with Crippen molar-refractivity contribution in [1.29, 1.82) is 0 Å². The highest BCUT2D eigenvalue weighted by Gasteiger charge is 2.08. The summed E-state index contributed by atoms with van der Waals surface area (Å²) in [6, 6.07) is 11.0. The van der Waals surface area contributed by atoms with E-state index >= 15 is 0 Å². The Labute approximate surface area is 106 Å². The van der Waals surface area contributed by atoms with Crippen molar-refractivity contribution in [3.05, 3.63) is 48.0 Å². The minimum atomic E-state index is 0.456. The Morgan fingerprint density at radius 2 is 1.65 bits per heavy atom. The van der Waals surface area contributed by atoms with Gasteiger partial charge in [-0.1, -0.05) is 70.2 Å². The number of benzene rings is 1. The van der Waals surface area contributed by atoms with Gasteiger partial charge < -0.3 is 5.32 Å². The molecule has 0 spiro atoms. The second-order valence-corrected chi connectivity index (χ2v) is 5.27. The maximum Gasteiger partial charge on any atom is 0.0276 e. The molecule has 1 aromatic carbocycles. The highest BCUT2D eigenvalue weighted by molar-refractivity contribution is 5.14. The number of rotatable bonds is 6. The maximum atomic E-state index is 3.60. The van der Waals surface area contributed by atoms with Crippen LogP contribution in [0.1, 0.15) is 33.3 Å². The van der Waals surface area contributed by atoms with Gasteiger partial charge in [0.2, 0.25) is 0 Å². The van der Waals surface area contributed by atoms with Gasteiger partial charge in [-0.2, -0.15) is 0 Å². The molecule has 0 aliphatic heterocycles. The Balaban J connectivity index is 2.50. The van der Waals surface area contributed by atoms with Crippen molar-refractivity contribution in [2.45, 2.75) is 40.3 Å². The number of hydrogen-bond donors (Lipinski definition) is 1. The second-order valence-electron chi connectivity index (χ2n) is 5.27. The fourth-order valence-corrected chi connectivity index (χ4v) is 1.70. The molecule has 94 valence electrons. The smallest absolute Gasteiger partial charge is 0.0276 e. The standard InChI is InChI=1S/C16H25N/c1-13(2)10-11-16(14(3)4)17-12-15-8-6-5-7-9-15/h5-11,13-14,16-17H,12H2,1-4H3/b11-10+. The molecule has 0 bridgehead atoms. The highest BCUT2D eigenvalue weighted by atomic mass is 14.9. The molecule has 1 unspecified atom stereocenters. The van der Waals surface area contributed by atoms with Crippen LogP contribution in [0.15, 0.2) is 42.5 Å². The van der Waals surface area contributed by atoms with Gasteiger partial charge in [-0.3, -0.25) is 0 Å². The van der Waals surface area contributed by atoms with E-state index in [1.54, 1.807) is 0 Å². The van der Waals surface area contributed by atoms with Gasteiger partial charge >= 0.3 is 0 Å². The molecule has 0 saturated heterocycles. The largest absolute Gasteiger partial charge is 0.306 e. The Morgan fingerprint density at radius 1 is 1.00 bits per heavy atom. The quantitative estimate of drug-likeness (QED) is 0.729. The minimum Gasteiger partial charge on any atom is -0.306 e. The molecule has 0 aliphatic rings. The van der Waals surface area contributed by atoms with Gasteiger partial charge in [-0.25, -0.2) is 0 Å². The first-order valence-electron chi connectivity index (χ1n) is 6.55. The molecule has 1 rings (SSSR count). The summed E-state index contributed by atoms with van der Waals surface area (Å²) in [6.45, 7) is 9.88. The summed E-state index contributed by atoms with van der Waals surface area (Å²) in [5.74, 6) is 1.24. The lowest BCUT2D eigenvalue weighted by atomic mass is 10.0. The first kappa shape index (κ1) is 14.0. The van der Waals surface area contributed by atoms with Crippen LogP contribution in [0.25, 0.3) is 0 Å². The van der Waals surface area contributed by atoms with E-state index in [1.807, 2.05) is 0 Å². The third-order valence-corrected chi connectivity index (χ3v) is 2.81. The maximum absolute atomic E-state index is 3.60. The summed E-state index contributed by atoms with van der Waals surface area (Å²) in [6.07, 6.45) is 4.58. The molecule has 17 heavy (non-hydrogen) atoms. The summed E-state index contributed by atoms with van der Waals surface area (Å²) >= 11 is 0. The lowest BCUT2D eigenvalue weighted by Crippen LogP contribution is -2.31. The van der Waals surface area contributed by atoms with Gasteiger partial charge in [-0.05, 0) is 17.4 Å². The summed E-state index contributed by atoms with van der Waals surface area (Å²) in [4.78, 5) is 0. The van der Waals surface area contributed by atoms with E-state index in [9.17, 15) is 0 Å². The third-order valence-electron chi connectivity index (χ3n) is 2.81. The molecule has 0 saturated carbocycles. The molecule has 0 radical (unpaired) electrons. The number of allylic oxidation sites excluding steroid dienone is 1. The predicted octanol–water partition coefficient (Wildman–Crippen LogP) is 4.01. The molecule has 0 fully saturated rings. The first-order chi connectivity index (χ1) is 8.09. The fraction of sp³-hybridized carbons (Fsp3) is 0.500. The normalized spacial score (nSPS) is 13.8. The van der Waals surface area contributed by atoms with E-state index in [4.69, 9.17) is 0 Å². The van der Waals surface area contributed by atoms with E-state index in [1.165, 1.54) is 5.56 Å². The Morgan fingerprint density at radius 3 is 2.18 bits per heavy atom. The molecule has 1 aromatic rings. The SMILES string of the molecule is CC(C)/C=C/C(NCc1ccccc1)C(C)C. The zero-order valence-electron chi connectivity index (χ0n) is 11.5. The molecular formula is C16H25N. The van der Waals surface area contributed by atoms with Crippen molar-refractivity contribution < 1.29 is 0 Å². The topological polar surface area (TPSA) is 12.0 Å². The minimum absolute atomic E-state index is 0.456. The monoisotopic (exact) mass is 231 g/mol. The molecule has 1 nitrogen and oxygen atoms in total. The molecule has 0 heterocycles. The molecule has 0 aromatic heterocycles. The fourth-order valence-electron chi connectivity index (χ4n) is 1.70. The van der Waals surface area contributed by atoms with Gasteiger partial charge in [0.05, 0.1) is 0 Å². The third kappa shape index (κ3) is 5.69. The zero-order valence-corrected chi connectivity index (χ0v) is 11.5. The summed E-state index contributed by atoms with van der Waals surface area (Å²) in [5, 5.41) is 3.60. The molecule has 1 heteroatoms. The number of nitrogens with one attached hydrogen (secondary N) is 1. The van der Waals surface area contributed by atoms with Crippen LogP contribution in [0.2, 0.25) is 0 Å². The highest BCUT2D eigenvalue weighted by Crippen LogP contribution is 2.07. The van der Waals surface area contributed by atoms with Crippen molar-refractivity contribution in [2.75, 3.05) is 0 Å². The summed E-state index contributed by atoms with van der Waals surface area (Å²) in [7, 11) is 0. The van der Waals surface area contributed by atoms with Crippen LogP contribution in [-0.2, 0) is 6.54 Å². The zero-order chi connectivity index (χ0) is 12.7. The van der Waals surface area contributed by atoms with E-state index in [0.717, 1.165) is 6.54 Å². The Kier molecular flexibility index (Phi) is 5.99. The summed E-state index contributed by atoms with van der Waals surface area (Å²) in [5.41, 5.74) is 1.34. The van der Waals surface area contributed by atoms with Crippen molar-refractivity contribution in [3.8, 4) is 0 Å². The molecule has 0 aliphatic carbocycles. The van der Waals surface area contributed by atoms with Crippen LogP contribution in [0, 0.1) is 11.8 Å². The lowest BCUT2D eigenvalue weighted by Gasteiger charge is -2.19. The van der Waals surface area contributed by atoms with Crippen molar-refractivity contribution in [1.82, 2.24) is 5.32 Å². The Bertz CT molecular complexity index is 325. The van der Waals surface area contributed by atoms with Crippen molar-refractivity contribution >= 4 is 0 Å². The van der Waals surface area contributed by atoms with Crippen LogP contribution >= 0.6 is 0 Å². The predicted molar refractivity (Wildman–Crippen MR) is 75.9 cm³/mol. The van der Waals surface area contributed by atoms with Gasteiger partial charge in [0.1, 0.15) is 0 Å². The second kappa shape index (κ2) is 7.29. The summed E-state index contributed by atoms with van der Waals surface area (Å²) < 4.78 is 0. The van der Waals surface area contributed by atoms with E-state index in [2.05, 4.69) is 75.5 Å². The number of hydrogen-bond acceptors (Lipinski definition) is 1. The Hall–Kier alpha value is -1.08. The van der Waals surface area contributed by atoms with Crippen LogP contribution in [-0.4, -0.2) is 6.04 Å². The van der Waals surface area contributed by atoms with E-state index in [0.29, 0.717) is 17.9 Å². The van der Waals surface area contributed by atoms with Crippen LogP contribution in [0.5, 0.6) is 0 Å². The molecule has 0 amide bonds. The van der Waals surface area contributed by atoms with Gasteiger partial charge in [0.15, 0.2) is 0 Å². The van der Waals surface area contributed by atoms with Gasteiger partial charge in [0.25, 0.3) is 0 Å².